The fraction of sp³-hybridized carbons (Fsp3) is 0.571. The van der Waals surface area contributed by atoms with Crippen molar-refractivity contribution in [3.05, 3.63) is 23.2 Å². The van der Waals surface area contributed by atoms with Crippen molar-refractivity contribution >= 4 is 23.0 Å². The lowest BCUT2D eigenvalue weighted by atomic mass is 10.1. The first-order valence-electron chi connectivity index (χ1n) is 6.62. The number of likely N-dealkylation sites (N-methyl/N-ethyl adjacent to an activating group) is 1. The highest BCUT2D eigenvalue weighted by Gasteiger charge is 2.23. The van der Waals surface area contributed by atoms with E-state index in [1.165, 1.54) is 6.42 Å². The van der Waals surface area contributed by atoms with Crippen molar-refractivity contribution in [3.8, 4) is 0 Å². The van der Waals surface area contributed by atoms with Gasteiger partial charge >= 0.3 is 0 Å². The first-order chi connectivity index (χ1) is 8.63. The number of anilines is 2. The predicted octanol–water partition coefficient (Wildman–Crippen LogP) is 2.84. The van der Waals surface area contributed by atoms with Crippen LogP contribution in [-0.2, 0) is 0 Å². The van der Waals surface area contributed by atoms with Gasteiger partial charge in [0.05, 0.1) is 16.4 Å². The Morgan fingerprint density at radius 3 is 2.89 bits per heavy atom. The van der Waals surface area contributed by atoms with Gasteiger partial charge in [-0.25, -0.2) is 0 Å². The van der Waals surface area contributed by atoms with E-state index in [1.54, 1.807) is 0 Å². The molecule has 1 saturated heterocycles. The van der Waals surface area contributed by atoms with Crippen LogP contribution in [0.3, 0.4) is 0 Å². The molecule has 1 aromatic rings. The summed E-state index contributed by atoms with van der Waals surface area (Å²) in [5.74, 6) is 0. The van der Waals surface area contributed by atoms with Crippen molar-refractivity contribution in [1.82, 2.24) is 4.90 Å². The van der Waals surface area contributed by atoms with Crippen LogP contribution in [0.15, 0.2) is 18.2 Å². The Morgan fingerprint density at radius 2 is 2.17 bits per heavy atom. The molecule has 1 aromatic carbocycles. The van der Waals surface area contributed by atoms with Crippen LogP contribution in [0.25, 0.3) is 0 Å². The largest absolute Gasteiger partial charge is 0.396 e. The van der Waals surface area contributed by atoms with Gasteiger partial charge in [-0.1, -0.05) is 24.6 Å². The van der Waals surface area contributed by atoms with Crippen molar-refractivity contribution in [2.75, 3.05) is 37.3 Å². The molecule has 2 rings (SSSR count). The maximum Gasteiger partial charge on any atom is 0.0741 e. The van der Waals surface area contributed by atoms with Crippen LogP contribution in [0.1, 0.15) is 19.8 Å². The fourth-order valence-corrected chi connectivity index (χ4v) is 2.86. The number of rotatable bonds is 2. The van der Waals surface area contributed by atoms with Crippen molar-refractivity contribution < 1.29 is 0 Å². The summed E-state index contributed by atoms with van der Waals surface area (Å²) in [6, 6.07) is 6.42. The molecule has 0 spiro atoms. The second kappa shape index (κ2) is 5.81. The van der Waals surface area contributed by atoms with E-state index in [1.807, 2.05) is 12.1 Å². The van der Waals surface area contributed by atoms with Crippen LogP contribution < -0.4 is 10.6 Å². The monoisotopic (exact) mass is 267 g/mol. The molecule has 18 heavy (non-hydrogen) atoms. The summed E-state index contributed by atoms with van der Waals surface area (Å²) < 4.78 is 0. The Kier molecular flexibility index (Phi) is 4.36. The van der Waals surface area contributed by atoms with Gasteiger partial charge in [0, 0.05) is 19.1 Å². The molecule has 0 bridgehead atoms. The van der Waals surface area contributed by atoms with E-state index in [0.717, 1.165) is 31.7 Å². The zero-order valence-corrected chi connectivity index (χ0v) is 12.0. The molecule has 0 saturated carbocycles. The van der Waals surface area contributed by atoms with Crippen molar-refractivity contribution in [2.45, 2.75) is 25.8 Å². The summed E-state index contributed by atoms with van der Waals surface area (Å²) in [6.45, 7) is 5.51. The molecule has 0 radical (unpaired) electrons. The molecule has 100 valence electrons. The quantitative estimate of drug-likeness (QED) is 0.837. The zero-order chi connectivity index (χ0) is 13.1. The average Bonchev–Trinajstić information content (AvgIpc) is 2.54. The zero-order valence-electron chi connectivity index (χ0n) is 11.2. The minimum atomic E-state index is 0.512. The van der Waals surface area contributed by atoms with E-state index in [-0.39, 0.29) is 0 Å². The second-order valence-electron chi connectivity index (χ2n) is 5.04. The minimum Gasteiger partial charge on any atom is -0.396 e. The SMILES string of the molecule is CCC1CN(C)CCCN1c1cccc(Cl)c1N. The summed E-state index contributed by atoms with van der Waals surface area (Å²) in [4.78, 5) is 4.82. The van der Waals surface area contributed by atoms with E-state index in [9.17, 15) is 0 Å². The lowest BCUT2D eigenvalue weighted by Gasteiger charge is -2.33. The van der Waals surface area contributed by atoms with Gasteiger partial charge < -0.3 is 15.5 Å². The smallest absolute Gasteiger partial charge is 0.0741 e. The molecule has 4 heteroatoms. The van der Waals surface area contributed by atoms with Crippen LogP contribution in [0.2, 0.25) is 5.02 Å². The third-order valence-electron chi connectivity index (χ3n) is 3.71. The number of para-hydroxylation sites is 1. The van der Waals surface area contributed by atoms with Gasteiger partial charge in [0.2, 0.25) is 0 Å². The van der Waals surface area contributed by atoms with Crippen molar-refractivity contribution in [1.29, 1.82) is 0 Å². The molecular formula is C14H22ClN3. The van der Waals surface area contributed by atoms with Gasteiger partial charge in [0.1, 0.15) is 0 Å². The molecule has 1 heterocycles. The summed E-state index contributed by atoms with van der Waals surface area (Å²) in [6.07, 6.45) is 2.29. The standard InChI is InChI=1S/C14H22ClN3/c1-3-11-10-17(2)8-5-9-18(11)13-7-4-6-12(15)14(13)16/h4,6-7,11H,3,5,8-10,16H2,1-2H3. The molecule has 1 aliphatic rings. The Hall–Kier alpha value is -0.930. The average molecular weight is 268 g/mol. The Morgan fingerprint density at radius 1 is 1.39 bits per heavy atom. The van der Waals surface area contributed by atoms with E-state index >= 15 is 0 Å². The van der Waals surface area contributed by atoms with Gasteiger partial charge in [-0.2, -0.15) is 0 Å². The Balaban J connectivity index is 2.31. The molecular weight excluding hydrogens is 246 g/mol. The Bertz CT molecular complexity index is 408. The molecule has 0 amide bonds. The summed E-state index contributed by atoms with van der Waals surface area (Å²) in [5, 5.41) is 0.653. The summed E-state index contributed by atoms with van der Waals surface area (Å²) in [7, 11) is 2.19. The summed E-state index contributed by atoms with van der Waals surface area (Å²) >= 11 is 6.13. The molecule has 1 atom stereocenters. The molecule has 3 nitrogen and oxygen atoms in total. The number of halogens is 1. The lowest BCUT2D eigenvalue weighted by Crippen LogP contribution is -2.40. The van der Waals surface area contributed by atoms with Gasteiger partial charge in [-0.05, 0) is 38.6 Å². The normalized spacial score (nSPS) is 21.9. The minimum absolute atomic E-state index is 0.512. The highest BCUT2D eigenvalue weighted by Crippen LogP contribution is 2.32. The predicted molar refractivity (Wildman–Crippen MR) is 79.4 cm³/mol. The molecule has 2 N–H and O–H groups in total. The number of nitrogens with zero attached hydrogens (tertiary/aromatic N) is 2. The van der Waals surface area contributed by atoms with Crippen LogP contribution >= 0.6 is 11.6 Å². The number of hydrogen-bond donors (Lipinski definition) is 1. The highest BCUT2D eigenvalue weighted by atomic mass is 35.5. The first-order valence-corrected chi connectivity index (χ1v) is 7.00. The maximum absolute atomic E-state index is 6.13. The van der Waals surface area contributed by atoms with E-state index < -0.39 is 0 Å². The Labute approximate surface area is 115 Å². The number of nitrogen functional groups attached to an aromatic ring is 1. The second-order valence-corrected chi connectivity index (χ2v) is 5.45. The first kappa shape index (κ1) is 13.5. The number of benzene rings is 1. The van der Waals surface area contributed by atoms with Gasteiger partial charge in [0.15, 0.2) is 0 Å². The molecule has 0 aromatic heterocycles. The molecule has 1 unspecified atom stereocenters. The highest BCUT2D eigenvalue weighted by molar-refractivity contribution is 6.33. The van der Waals surface area contributed by atoms with Crippen molar-refractivity contribution in [2.24, 2.45) is 0 Å². The topological polar surface area (TPSA) is 32.5 Å². The van der Waals surface area contributed by atoms with Crippen LogP contribution in [-0.4, -0.2) is 37.6 Å². The molecule has 0 aliphatic carbocycles. The maximum atomic E-state index is 6.13. The number of hydrogen-bond acceptors (Lipinski definition) is 3. The van der Waals surface area contributed by atoms with Crippen LogP contribution in [0.4, 0.5) is 11.4 Å². The van der Waals surface area contributed by atoms with Gasteiger partial charge in [-0.3, -0.25) is 0 Å². The summed E-state index contributed by atoms with van der Waals surface area (Å²) in [5.41, 5.74) is 7.93. The van der Waals surface area contributed by atoms with E-state index in [4.69, 9.17) is 17.3 Å². The molecule has 1 aliphatic heterocycles. The van der Waals surface area contributed by atoms with Gasteiger partial charge in [0.25, 0.3) is 0 Å². The van der Waals surface area contributed by atoms with Crippen molar-refractivity contribution in [3.63, 3.8) is 0 Å². The number of nitrogens with two attached hydrogens (primary N) is 1. The van der Waals surface area contributed by atoms with E-state index in [0.29, 0.717) is 16.8 Å². The van der Waals surface area contributed by atoms with E-state index in [2.05, 4.69) is 29.8 Å². The third kappa shape index (κ3) is 2.73. The molecule has 1 fully saturated rings. The van der Waals surface area contributed by atoms with Gasteiger partial charge in [-0.15, -0.1) is 0 Å². The fourth-order valence-electron chi connectivity index (χ4n) is 2.69. The van der Waals surface area contributed by atoms with Crippen LogP contribution in [0, 0.1) is 0 Å². The van der Waals surface area contributed by atoms with Crippen LogP contribution in [0.5, 0.6) is 0 Å². The lowest BCUT2D eigenvalue weighted by molar-refractivity contribution is 0.328. The third-order valence-corrected chi connectivity index (χ3v) is 4.04.